The second-order valence-electron chi connectivity index (χ2n) is 2.22. The normalized spacial score (nSPS) is 10.0. The van der Waals surface area contributed by atoms with E-state index in [0.717, 1.165) is 0 Å². The number of rotatable bonds is 4. The number of nitrogen functional groups attached to an aromatic ring is 1. The Kier molecular flexibility index (Phi) is 3.91. The van der Waals surface area contributed by atoms with E-state index < -0.39 is 0 Å². The lowest BCUT2D eigenvalue weighted by Crippen LogP contribution is -2.07. The maximum absolute atomic E-state index is 5.38. The number of ether oxygens (including phenoxy) is 2. The summed E-state index contributed by atoms with van der Waals surface area (Å²) in [6.07, 6.45) is 1.55. The first kappa shape index (κ1) is 10.2. The third kappa shape index (κ3) is 3.16. The Morgan fingerprint density at radius 2 is 2.31 bits per heavy atom. The Morgan fingerprint density at radius 3 is 3.00 bits per heavy atom. The van der Waals surface area contributed by atoms with Crippen molar-refractivity contribution in [1.82, 2.24) is 9.97 Å². The van der Waals surface area contributed by atoms with Gasteiger partial charge in [-0.15, -0.1) is 0 Å². The number of hydrogen-bond acceptors (Lipinski definition) is 5. The largest absolute Gasteiger partial charge is 0.474 e. The van der Waals surface area contributed by atoms with Crippen molar-refractivity contribution in [3.05, 3.63) is 10.7 Å². The Hall–Kier alpha value is -0.880. The molecule has 13 heavy (non-hydrogen) atoms. The molecular formula is C7H10BrN3O2. The number of nitrogens with zero attached hydrogens (tertiary/aromatic N) is 2. The summed E-state index contributed by atoms with van der Waals surface area (Å²) in [7, 11) is 1.60. The highest BCUT2D eigenvalue weighted by atomic mass is 79.9. The Balaban J connectivity index is 2.59. The Bertz CT molecular complexity index is 282. The Morgan fingerprint density at radius 1 is 1.54 bits per heavy atom. The van der Waals surface area contributed by atoms with Crippen LogP contribution in [0.3, 0.4) is 0 Å². The molecule has 1 aromatic rings. The van der Waals surface area contributed by atoms with Crippen molar-refractivity contribution in [1.29, 1.82) is 0 Å². The van der Waals surface area contributed by atoms with Gasteiger partial charge in [-0.25, -0.2) is 4.98 Å². The topological polar surface area (TPSA) is 70.3 Å². The van der Waals surface area contributed by atoms with E-state index in [4.69, 9.17) is 15.2 Å². The highest BCUT2D eigenvalue weighted by molar-refractivity contribution is 9.10. The van der Waals surface area contributed by atoms with Crippen LogP contribution in [0.1, 0.15) is 0 Å². The van der Waals surface area contributed by atoms with Crippen molar-refractivity contribution in [2.75, 3.05) is 26.1 Å². The van der Waals surface area contributed by atoms with Crippen molar-refractivity contribution < 1.29 is 9.47 Å². The summed E-state index contributed by atoms with van der Waals surface area (Å²) in [6, 6.07) is 0. The van der Waals surface area contributed by atoms with Crippen LogP contribution in [0.2, 0.25) is 0 Å². The first-order valence-corrected chi connectivity index (χ1v) is 4.43. The van der Waals surface area contributed by atoms with Crippen LogP contribution >= 0.6 is 15.9 Å². The lowest BCUT2D eigenvalue weighted by atomic mass is 10.6. The molecule has 72 valence electrons. The van der Waals surface area contributed by atoms with E-state index >= 15 is 0 Å². The van der Waals surface area contributed by atoms with Crippen LogP contribution < -0.4 is 10.5 Å². The summed E-state index contributed by atoms with van der Waals surface area (Å²) in [6.45, 7) is 0.946. The third-order valence-electron chi connectivity index (χ3n) is 1.26. The molecule has 0 aliphatic carbocycles. The molecule has 0 fully saturated rings. The molecule has 0 bridgehead atoms. The number of anilines is 1. The molecular weight excluding hydrogens is 238 g/mol. The summed E-state index contributed by atoms with van der Waals surface area (Å²) in [5, 5.41) is 0. The van der Waals surface area contributed by atoms with Gasteiger partial charge in [-0.05, 0) is 15.9 Å². The second-order valence-corrected chi connectivity index (χ2v) is 3.08. The van der Waals surface area contributed by atoms with Crippen LogP contribution in [0.5, 0.6) is 5.88 Å². The zero-order valence-corrected chi connectivity index (χ0v) is 8.74. The monoisotopic (exact) mass is 247 g/mol. The van der Waals surface area contributed by atoms with Crippen LogP contribution in [0, 0.1) is 0 Å². The van der Waals surface area contributed by atoms with Gasteiger partial charge in [-0.3, -0.25) is 0 Å². The lowest BCUT2D eigenvalue weighted by Gasteiger charge is -2.05. The molecule has 0 aliphatic heterocycles. The predicted octanol–water partition coefficient (Wildman–Crippen LogP) is 0.847. The molecule has 0 atom stereocenters. The van der Waals surface area contributed by atoms with Gasteiger partial charge in [0.2, 0.25) is 11.8 Å². The number of methoxy groups -OCH3 is 1. The Labute approximate surface area is 84.4 Å². The molecule has 0 radical (unpaired) electrons. The minimum absolute atomic E-state index is 0.190. The van der Waals surface area contributed by atoms with Gasteiger partial charge in [0.05, 0.1) is 17.3 Å². The average Bonchev–Trinajstić information content (AvgIpc) is 2.11. The van der Waals surface area contributed by atoms with E-state index in [1.54, 1.807) is 13.3 Å². The van der Waals surface area contributed by atoms with Gasteiger partial charge < -0.3 is 15.2 Å². The molecule has 1 rings (SSSR count). The quantitative estimate of drug-likeness (QED) is 0.799. The molecule has 2 N–H and O–H groups in total. The van der Waals surface area contributed by atoms with Crippen molar-refractivity contribution in [3.8, 4) is 5.88 Å². The molecule has 0 unspecified atom stereocenters. The molecule has 1 aromatic heterocycles. The van der Waals surface area contributed by atoms with Crippen molar-refractivity contribution in [3.63, 3.8) is 0 Å². The van der Waals surface area contributed by atoms with Crippen LogP contribution in [0.25, 0.3) is 0 Å². The maximum atomic E-state index is 5.38. The van der Waals surface area contributed by atoms with E-state index in [0.29, 0.717) is 23.6 Å². The van der Waals surface area contributed by atoms with E-state index in [2.05, 4.69) is 25.9 Å². The van der Waals surface area contributed by atoms with Crippen molar-refractivity contribution >= 4 is 21.9 Å². The van der Waals surface area contributed by atoms with Crippen LogP contribution in [0.15, 0.2) is 10.7 Å². The summed E-state index contributed by atoms with van der Waals surface area (Å²) in [5.74, 6) is 0.625. The highest BCUT2D eigenvalue weighted by Gasteiger charge is 2.03. The molecule has 0 saturated heterocycles. The third-order valence-corrected chi connectivity index (χ3v) is 1.80. The molecule has 0 aromatic carbocycles. The molecule has 5 nitrogen and oxygen atoms in total. The standard InChI is InChI=1S/C7H10BrN3O2/c1-12-2-3-13-6-5(8)4-10-7(9)11-6/h4H,2-3H2,1H3,(H2,9,10,11). The predicted molar refractivity (Wildman–Crippen MR) is 51.5 cm³/mol. The van der Waals surface area contributed by atoms with Crippen LogP contribution in [0.4, 0.5) is 5.95 Å². The summed E-state index contributed by atoms with van der Waals surface area (Å²) >= 11 is 3.24. The lowest BCUT2D eigenvalue weighted by molar-refractivity contribution is 0.143. The maximum Gasteiger partial charge on any atom is 0.232 e. The minimum Gasteiger partial charge on any atom is -0.474 e. The van der Waals surface area contributed by atoms with Gasteiger partial charge in [0.1, 0.15) is 6.61 Å². The van der Waals surface area contributed by atoms with E-state index in [-0.39, 0.29) is 5.95 Å². The molecule has 0 amide bonds. The first-order valence-electron chi connectivity index (χ1n) is 3.64. The van der Waals surface area contributed by atoms with Gasteiger partial charge in [0.15, 0.2) is 0 Å². The smallest absolute Gasteiger partial charge is 0.232 e. The van der Waals surface area contributed by atoms with Crippen LogP contribution in [-0.2, 0) is 4.74 Å². The van der Waals surface area contributed by atoms with Crippen molar-refractivity contribution in [2.45, 2.75) is 0 Å². The first-order chi connectivity index (χ1) is 6.24. The number of aromatic nitrogens is 2. The van der Waals surface area contributed by atoms with Gasteiger partial charge in [0.25, 0.3) is 0 Å². The molecule has 1 heterocycles. The molecule has 0 aliphatic rings. The number of halogens is 1. The second kappa shape index (κ2) is 4.98. The summed E-state index contributed by atoms with van der Waals surface area (Å²) in [5.41, 5.74) is 5.38. The van der Waals surface area contributed by atoms with E-state index in [9.17, 15) is 0 Å². The fourth-order valence-electron chi connectivity index (χ4n) is 0.687. The van der Waals surface area contributed by atoms with Crippen LogP contribution in [-0.4, -0.2) is 30.3 Å². The van der Waals surface area contributed by atoms with Gasteiger partial charge in [0, 0.05) is 7.11 Å². The fraction of sp³-hybridized carbons (Fsp3) is 0.429. The van der Waals surface area contributed by atoms with Gasteiger partial charge >= 0.3 is 0 Å². The average molecular weight is 248 g/mol. The van der Waals surface area contributed by atoms with E-state index in [1.807, 2.05) is 0 Å². The van der Waals surface area contributed by atoms with Gasteiger partial charge in [-0.2, -0.15) is 4.98 Å². The highest BCUT2D eigenvalue weighted by Crippen LogP contribution is 2.21. The number of hydrogen-bond donors (Lipinski definition) is 1. The van der Waals surface area contributed by atoms with E-state index in [1.165, 1.54) is 0 Å². The molecule has 0 spiro atoms. The van der Waals surface area contributed by atoms with Gasteiger partial charge in [-0.1, -0.05) is 0 Å². The SMILES string of the molecule is COCCOc1nc(N)ncc1Br. The van der Waals surface area contributed by atoms with Crippen molar-refractivity contribution in [2.24, 2.45) is 0 Å². The zero-order chi connectivity index (χ0) is 9.68. The summed E-state index contributed by atoms with van der Waals surface area (Å²) in [4.78, 5) is 7.66. The zero-order valence-electron chi connectivity index (χ0n) is 7.16. The number of nitrogens with two attached hydrogens (primary N) is 1. The fourth-order valence-corrected chi connectivity index (χ4v) is 0.993. The molecule has 0 saturated carbocycles. The summed E-state index contributed by atoms with van der Waals surface area (Å²) < 4.78 is 10.8. The molecule has 6 heteroatoms. The minimum atomic E-state index is 0.190.